The maximum atomic E-state index is 13.8. The Hall–Kier alpha value is -1.43. The third-order valence-electron chi connectivity index (χ3n) is 2.76. The highest BCUT2D eigenvalue weighted by molar-refractivity contribution is 9.10. The van der Waals surface area contributed by atoms with Gasteiger partial charge in [-0.2, -0.15) is 0 Å². The molecule has 0 aromatic heterocycles. The second-order valence-corrected chi connectivity index (χ2v) is 5.55. The first kappa shape index (κ1) is 16.6. The van der Waals surface area contributed by atoms with Gasteiger partial charge in [0.1, 0.15) is 12.4 Å². The van der Waals surface area contributed by atoms with Crippen LogP contribution in [-0.4, -0.2) is 48.8 Å². The van der Waals surface area contributed by atoms with Crippen molar-refractivity contribution in [2.24, 2.45) is 0 Å². The number of amides is 2. The number of hydrogen-bond acceptors (Lipinski definition) is 2. The molecular weight excluding hydrogens is 327 g/mol. The van der Waals surface area contributed by atoms with Gasteiger partial charge in [-0.15, -0.1) is 0 Å². The van der Waals surface area contributed by atoms with E-state index in [9.17, 15) is 14.0 Å². The predicted octanol–water partition coefficient (Wildman–Crippen LogP) is 2.53. The maximum absolute atomic E-state index is 13.8. The Bertz CT molecular complexity index is 506. The number of hydrogen-bond donors (Lipinski definition) is 0. The lowest BCUT2D eigenvalue weighted by Crippen LogP contribution is -2.41. The maximum Gasteiger partial charge on any atom is 0.257 e. The standard InChI is InChI=1S/C14H18BrFN2O2/c1-4-7-18(9-13(19)17(2)3)14(20)11-8-10(15)5-6-12(11)16/h5-6,8H,4,7,9H2,1-3H3. The lowest BCUT2D eigenvalue weighted by Gasteiger charge is -2.23. The summed E-state index contributed by atoms with van der Waals surface area (Å²) in [7, 11) is 3.24. The van der Waals surface area contributed by atoms with E-state index < -0.39 is 11.7 Å². The van der Waals surface area contributed by atoms with Crippen molar-refractivity contribution in [2.75, 3.05) is 27.2 Å². The average molecular weight is 345 g/mol. The van der Waals surface area contributed by atoms with Gasteiger partial charge in [0.2, 0.25) is 5.91 Å². The molecule has 0 radical (unpaired) electrons. The summed E-state index contributed by atoms with van der Waals surface area (Å²) >= 11 is 3.21. The summed E-state index contributed by atoms with van der Waals surface area (Å²) in [5.41, 5.74) is -0.0284. The number of likely N-dealkylation sites (N-methyl/N-ethyl adjacent to an activating group) is 1. The molecule has 1 aromatic rings. The molecule has 0 atom stereocenters. The molecule has 2 amide bonds. The van der Waals surface area contributed by atoms with Crippen LogP contribution in [0.25, 0.3) is 0 Å². The molecule has 0 heterocycles. The summed E-state index contributed by atoms with van der Waals surface area (Å²) in [6.45, 7) is 2.26. The van der Waals surface area contributed by atoms with Crippen LogP contribution in [0.3, 0.4) is 0 Å². The second-order valence-electron chi connectivity index (χ2n) is 4.64. The summed E-state index contributed by atoms with van der Waals surface area (Å²) in [5, 5.41) is 0. The predicted molar refractivity (Wildman–Crippen MR) is 79.0 cm³/mol. The van der Waals surface area contributed by atoms with Gasteiger partial charge in [0.15, 0.2) is 0 Å². The quantitative estimate of drug-likeness (QED) is 0.823. The van der Waals surface area contributed by atoms with Crippen molar-refractivity contribution in [3.8, 4) is 0 Å². The molecule has 1 aromatic carbocycles. The monoisotopic (exact) mass is 344 g/mol. The average Bonchev–Trinajstić information content (AvgIpc) is 2.40. The van der Waals surface area contributed by atoms with Crippen molar-refractivity contribution in [3.05, 3.63) is 34.1 Å². The Morgan fingerprint density at radius 2 is 1.95 bits per heavy atom. The molecule has 0 aliphatic heterocycles. The van der Waals surface area contributed by atoms with Gasteiger partial charge in [-0.25, -0.2) is 4.39 Å². The number of nitrogens with zero attached hydrogens (tertiary/aromatic N) is 2. The van der Waals surface area contributed by atoms with E-state index in [0.29, 0.717) is 17.4 Å². The second kappa shape index (κ2) is 7.38. The van der Waals surface area contributed by atoms with Crippen LogP contribution >= 0.6 is 15.9 Å². The zero-order valence-corrected chi connectivity index (χ0v) is 13.4. The van der Waals surface area contributed by atoms with E-state index in [4.69, 9.17) is 0 Å². The van der Waals surface area contributed by atoms with Crippen LogP contribution in [0.4, 0.5) is 4.39 Å². The Morgan fingerprint density at radius 3 is 2.50 bits per heavy atom. The van der Waals surface area contributed by atoms with Crippen LogP contribution in [-0.2, 0) is 4.79 Å². The smallest absolute Gasteiger partial charge is 0.257 e. The zero-order valence-electron chi connectivity index (χ0n) is 11.8. The van der Waals surface area contributed by atoms with Crippen LogP contribution in [0.5, 0.6) is 0 Å². The minimum atomic E-state index is -0.586. The number of carbonyl (C=O) groups is 2. The highest BCUT2D eigenvalue weighted by Gasteiger charge is 2.21. The Balaban J connectivity index is 2.99. The highest BCUT2D eigenvalue weighted by Crippen LogP contribution is 2.17. The number of benzene rings is 1. The van der Waals surface area contributed by atoms with E-state index in [1.165, 1.54) is 28.0 Å². The number of rotatable bonds is 5. The fourth-order valence-electron chi connectivity index (χ4n) is 1.66. The molecule has 20 heavy (non-hydrogen) atoms. The first-order chi connectivity index (χ1) is 9.36. The van der Waals surface area contributed by atoms with E-state index >= 15 is 0 Å². The third-order valence-corrected chi connectivity index (χ3v) is 3.26. The molecule has 110 valence electrons. The molecule has 0 fully saturated rings. The first-order valence-corrected chi connectivity index (χ1v) is 7.10. The Kier molecular flexibility index (Phi) is 6.13. The van der Waals surface area contributed by atoms with E-state index in [-0.39, 0.29) is 18.0 Å². The van der Waals surface area contributed by atoms with Gasteiger partial charge < -0.3 is 9.80 Å². The molecule has 0 aliphatic rings. The number of carbonyl (C=O) groups excluding carboxylic acids is 2. The molecule has 0 spiro atoms. The fourth-order valence-corrected chi connectivity index (χ4v) is 2.02. The Morgan fingerprint density at radius 1 is 1.30 bits per heavy atom. The van der Waals surface area contributed by atoms with Crippen LogP contribution in [0.2, 0.25) is 0 Å². The first-order valence-electron chi connectivity index (χ1n) is 6.31. The lowest BCUT2D eigenvalue weighted by atomic mass is 10.1. The summed E-state index contributed by atoms with van der Waals surface area (Å²) in [5.74, 6) is -1.25. The largest absolute Gasteiger partial charge is 0.347 e. The molecule has 0 aliphatic carbocycles. The molecule has 6 heteroatoms. The molecule has 0 unspecified atom stereocenters. The summed E-state index contributed by atoms with van der Waals surface area (Å²) in [6.07, 6.45) is 0.696. The highest BCUT2D eigenvalue weighted by atomic mass is 79.9. The van der Waals surface area contributed by atoms with Crippen LogP contribution in [0, 0.1) is 5.82 Å². The molecule has 0 N–H and O–H groups in total. The van der Waals surface area contributed by atoms with Crippen molar-refractivity contribution in [1.82, 2.24) is 9.80 Å². The third kappa shape index (κ3) is 4.30. The fraction of sp³-hybridized carbons (Fsp3) is 0.429. The number of halogens is 2. The van der Waals surface area contributed by atoms with Crippen LogP contribution < -0.4 is 0 Å². The van der Waals surface area contributed by atoms with Gasteiger partial charge in [-0.3, -0.25) is 9.59 Å². The van der Waals surface area contributed by atoms with Gasteiger partial charge in [0.25, 0.3) is 5.91 Å². The van der Waals surface area contributed by atoms with E-state index in [1.807, 2.05) is 6.92 Å². The molecule has 1 rings (SSSR count). The van der Waals surface area contributed by atoms with Crippen molar-refractivity contribution in [1.29, 1.82) is 0 Å². The zero-order chi connectivity index (χ0) is 15.3. The van der Waals surface area contributed by atoms with Gasteiger partial charge in [-0.05, 0) is 24.6 Å². The summed E-state index contributed by atoms with van der Waals surface area (Å²) in [6, 6.07) is 4.19. The summed E-state index contributed by atoms with van der Waals surface area (Å²) in [4.78, 5) is 26.9. The molecule has 0 bridgehead atoms. The minimum absolute atomic E-state index is 0.0284. The van der Waals surface area contributed by atoms with Crippen molar-refractivity contribution in [3.63, 3.8) is 0 Å². The van der Waals surface area contributed by atoms with Gasteiger partial charge >= 0.3 is 0 Å². The minimum Gasteiger partial charge on any atom is -0.347 e. The van der Waals surface area contributed by atoms with Crippen LogP contribution in [0.1, 0.15) is 23.7 Å². The molecule has 0 saturated carbocycles. The van der Waals surface area contributed by atoms with Crippen molar-refractivity contribution in [2.45, 2.75) is 13.3 Å². The van der Waals surface area contributed by atoms with Crippen molar-refractivity contribution >= 4 is 27.7 Å². The van der Waals surface area contributed by atoms with E-state index in [2.05, 4.69) is 15.9 Å². The Labute approximate surface area is 126 Å². The lowest BCUT2D eigenvalue weighted by molar-refractivity contribution is -0.129. The van der Waals surface area contributed by atoms with Gasteiger partial charge in [-0.1, -0.05) is 22.9 Å². The van der Waals surface area contributed by atoms with E-state index in [0.717, 1.165) is 0 Å². The molecular formula is C14H18BrFN2O2. The van der Waals surface area contributed by atoms with Crippen molar-refractivity contribution < 1.29 is 14.0 Å². The molecule has 4 nitrogen and oxygen atoms in total. The summed E-state index contributed by atoms with van der Waals surface area (Å²) < 4.78 is 14.4. The normalized spacial score (nSPS) is 10.2. The topological polar surface area (TPSA) is 40.6 Å². The SMILES string of the molecule is CCCN(CC(=O)N(C)C)C(=O)c1cc(Br)ccc1F. The molecule has 0 saturated heterocycles. The van der Waals surface area contributed by atoms with Gasteiger partial charge in [0.05, 0.1) is 5.56 Å². The van der Waals surface area contributed by atoms with Crippen LogP contribution in [0.15, 0.2) is 22.7 Å². The van der Waals surface area contributed by atoms with E-state index in [1.54, 1.807) is 14.1 Å². The van der Waals surface area contributed by atoms with Gasteiger partial charge in [0, 0.05) is 25.1 Å².